The van der Waals surface area contributed by atoms with Crippen LogP contribution in [0.25, 0.3) is 5.70 Å². The van der Waals surface area contributed by atoms with Gasteiger partial charge in [-0.15, -0.1) is 0 Å². The second kappa shape index (κ2) is 11.8. The largest absolute Gasteiger partial charge is 0.514 e. The number of alkyl halides is 3. The van der Waals surface area contributed by atoms with Gasteiger partial charge in [0.25, 0.3) is 5.69 Å². The van der Waals surface area contributed by atoms with E-state index in [1.165, 1.54) is 19.2 Å². The molecule has 4 N–H and O–H groups in total. The fourth-order valence-corrected chi connectivity index (χ4v) is 3.66. The number of hydrogen-bond acceptors (Lipinski definition) is 10. The number of aromatic nitrogens is 1. The third-order valence-electron chi connectivity index (χ3n) is 5.61. The Labute approximate surface area is 209 Å². The molecular weight excluding hydrogens is 499 g/mol. The number of carbonyl (C=O) groups excluding carboxylic acids is 1. The first-order valence-electron chi connectivity index (χ1n) is 11.3. The van der Waals surface area contributed by atoms with E-state index in [1.54, 1.807) is 0 Å². The second-order valence-electron chi connectivity index (χ2n) is 8.32. The van der Waals surface area contributed by atoms with Crippen molar-refractivity contribution in [2.75, 3.05) is 13.7 Å². The molecule has 1 fully saturated rings. The van der Waals surface area contributed by atoms with Gasteiger partial charge in [-0.2, -0.15) is 13.2 Å². The van der Waals surface area contributed by atoms with Crippen molar-refractivity contribution in [3.8, 4) is 11.6 Å². The minimum atomic E-state index is -4.76. The molecule has 1 aromatic carbocycles. The van der Waals surface area contributed by atoms with Crippen molar-refractivity contribution >= 4 is 17.5 Å². The van der Waals surface area contributed by atoms with Gasteiger partial charge in [-0.05, 0) is 43.9 Å². The molecule has 0 radical (unpaired) electrons. The number of likely N-dealkylation sites (N-methyl/N-ethyl adjacent to an activating group) is 1. The average Bonchev–Trinajstić information content (AvgIpc) is 2.84. The summed E-state index contributed by atoms with van der Waals surface area (Å²) in [7, 11) is 1.35. The van der Waals surface area contributed by atoms with Crippen LogP contribution in [0.5, 0.6) is 11.6 Å². The summed E-state index contributed by atoms with van der Waals surface area (Å²) in [4.78, 5) is 26.0. The SMILES string of the molecule is CN(N)/C(COC(=O)Oc1ccc([N+](=O)[O-])cc1)=C(\N)c1cnc(OC2CCCCC2)c(C(F)(F)F)c1. The standard InChI is InChI=1S/C23H26F3N5O6/c1-30(28)19(13-35-22(32)37-17-9-7-15(8-10-17)31(33)34)20(27)14-11-18(23(24,25)26)21(29-12-14)36-16-5-3-2-4-6-16/h7-12,16H,2-6,13,27-28H2,1H3/b20-19-. The predicted molar refractivity (Wildman–Crippen MR) is 125 cm³/mol. The molecule has 3 rings (SSSR count). The normalized spacial score (nSPS) is 14.9. The molecule has 0 atom stereocenters. The van der Waals surface area contributed by atoms with Crippen molar-refractivity contribution in [2.24, 2.45) is 11.6 Å². The van der Waals surface area contributed by atoms with Gasteiger partial charge in [-0.25, -0.2) is 15.6 Å². The average molecular weight is 525 g/mol. The lowest BCUT2D eigenvalue weighted by molar-refractivity contribution is -0.384. The van der Waals surface area contributed by atoms with Gasteiger partial charge in [0, 0.05) is 30.9 Å². The van der Waals surface area contributed by atoms with Crippen LogP contribution in [0.2, 0.25) is 0 Å². The molecular formula is C23H26F3N5O6. The van der Waals surface area contributed by atoms with E-state index in [0.29, 0.717) is 12.8 Å². The third-order valence-corrected chi connectivity index (χ3v) is 5.61. The van der Waals surface area contributed by atoms with E-state index >= 15 is 0 Å². The van der Waals surface area contributed by atoms with Crippen molar-refractivity contribution in [1.82, 2.24) is 9.99 Å². The molecule has 2 aromatic rings. The minimum absolute atomic E-state index is 0.0252. The number of rotatable bonds is 8. The fraction of sp³-hybridized carbons (Fsp3) is 0.391. The van der Waals surface area contributed by atoms with Crippen LogP contribution in [0.1, 0.15) is 43.2 Å². The number of nitro benzene ring substituents is 1. The lowest BCUT2D eigenvalue weighted by atomic mass is 9.98. The van der Waals surface area contributed by atoms with Gasteiger partial charge in [-0.3, -0.25) is 10.1 Å². The quantitative estimate of drug-likeness (QED) is 0.167. The highest BCUT2D eigenvalue weighted by Crippen LogP contribution is 2.37. The number of ether oxygens (including phenoxy) is 3. The molecule has 200 valence electrons. The molecule has 0 aliphatic heterocycles. The second-order valence-corrected chi connectivity index (χ2v) is 8.32. The Morgan fingerprint density at radius 1 is 1.22 bits per heavy atom. The first-order chi connectivity index (χ1) is 17.5. The van der Waals surface area contributed by atoms with Crippen LogP contribution in [-0.4, -0.2) is 40.8 Å². The molecule has 0 spiro atoms. The molecule has 14 heteroatoms. The monoisotopic (exact) mass is 525 g/mol. The number of hydrogen-bond donors (Lipinski definition) is 2. The predicted octanol–water partition coefficient (Wildman–Crippen LogP) is 4.37. The van der Waals surface area contributed by atoms with Crippen LogP contribution >= 0.6 is 0 Å². The van der Waals surface area contributed by atoms with E-state index in [1.807, 2.05) is 0 Å². The van der Waals surface area contributed by atoms with Crippen molar-refractivity contribution in [3.63, 3.8) is 0 Å². The van der Waals surface area contributed by atoms with Crippen molar-refractivity contribution in [3.05, 3.63) is 63.5 Å². The number of pyridine rings is 1. The number of nitrogens with zero attached hydrogens (tertiary/aromatic N) is 3. The molecule has 1 aromatic heterocycles. The van der Waals surface area contributed by atoms with Gasteiger partial charge in [-0.1, -0.05) is 6.42 Å². The summed E-state index contributed by atoms with van der Waals surface area (Å²) in [6, 6.07) is 5.46. The summed E-state index contributed by atoms with van der Waals surface area (Å²) >= 11 is 0. The van der Waals surface area contributed by atoms with Crippen LogP contribution in [0, 0.1) is 10.1 Å². The highest BCUT2D eigenvalue weighted by molar-refractivity contribution is 5.68. The van der Waals surface area contributed by atoms with Gasteiger partial charge < -0.3 is 25.0 Å². The number of halogens is 3. The zero-order valence-corrected chi connectivity index (χ0v) is 19.9. The lowest BCUT2D eigenvalue weighted by Gasteiger charge is -2.24. The summed E-state index contributed by atoms with van der Waals surface area (Å²) in [5.41, 5.74) is 4.44. The Morgan fingerprint density at radius 2 is 1.86 bits per heavy atom. The van der Waals surface area contributed by atoms with E-state index < -0.39 is 35.3 Å². The van der Waals surface area contributed by atoms with E-state index in [2.05, 4.69) is 4.98 Å². The maximum absolute atomic E-state index is 13.8. The molecule has 37 heavy (non-hydrogen) atoms. The molecule has 0 bridgehead atoms. The molecule has 0 saturated heterocycles. The molecule has 11 nitrogen and oxygen atoms in total. The van der Waals surface area contributed by atoms with Crippen LogP contribution in [0.4, 0.5) is 23.7 Å². The van der Waals surface area contributed by atoms with Crippen molar-refractivity contribution in [2.45, 2.75) is 44.4 Å². The molecule has 0 unspecified atom stereocenters. The highest BCUT2D eigenvalue weighted by atomic mass is 19.4. The van der Waals surface area contributed by atoms with Gasteiger partial charge in [0.05, 0.1) is 16.3 Å². The van der Waals surface area contributed by atoms with Crippen LogP contribution in [0.15, 0.2) is 42.2 Å². The van der Waals surface area contributed by atoms with Gasteiger partial charge in [0.15, 0.2) is 0 Å². The summed E-state index contributed by atoms with van der Waals surface area (Å²) in [5, 5.41) is 11.7. The molecule has 1 heterocycles. The molecule has 1 aliphatic carbocycles. The summed E-state index contributed by atoms with van der Waals surface area (Å²) < 4.78 is 56.9. The Bertz CT molecular complexity index is 1150. The highest BCUT2D eigenvalue weighted by Gasteiger charge is 2.37. The molecule has 0 amide bonds. The minimum Gasteiger partial charge on any atom is -0.474 e. The molecule has 1 saturated carbocycles. The first-order valence-corrected chi connectivity index (χ1v) is 11.3. The summed E-state index contributed by atoms with van der Waals surface area (Å²) in [6.45, 7) is -0.549. The number of benzene rings is 1. The van der Waals surface area contributed by atoms with Gasteiger partial charge in [0.2, 0.25) is 5.88 Å². The van der Waals surface area contributed by atoms with Crippen molar-refractivity contribution < 1.29 is 37.1 Å². The zero-order valence-electron chi connectivity index (χ0n) is 19.9. The van der Waals surface area contributed by atoms with E-state index in [9.17, 15) is 28.1 Å². The first kappa shape index (κ1) is 27.5. The third kappa shape index (κ3) is 7.46. The number of non-ortho nitro benzene ring substituents is 1. The Balaban J connectivity index is 1.77. The summed E-state index contributed by atoms with van der Waals surface area (Å²) in [5.74, 6) is 5.22. The number of hydrazine groups is 1. The number of carbonyl (C=O) groups is 1. The van der Waals surface area contributed by atoms with E-state index in [4.69, 9.17) is 25.8 Å². The maximum atomic E-state index is 13.8. The smallest absolute Gasteiger partial charge is 0.474 e. The van der Waals surface area contributed by atoms with Gasteiger partial charge >= 0.3 is 12.3 Å². The van der Waals surface area contributed by atoms with E-state index in [0.717, 1.165) is 48.7 Å². The molecule has 1 aliphatic rings. The summed E-state index contributed by atoms with van der Waals surface area (Å²) in [6.07, 6.45) is -1.10. The van der Waals surface area contributed by atoms with Gasteiger partial charge in [0.1, 0.15) is 24.0 Å². The van der Waals surface area contributed by atoms with E-state index in [-0.39, 0.29) is 34.5 Å². The zero-order chi connectivity index (χ0) is 27.2. The maximum Gasteiger partial charge on any atom is 0.514 e. The van der Waals surface area contributed by atoms with Crippen molar-refractivity contribution in [1.29, 1.82) is 0 Å². The topological polar surface area (TPSA) is 156 Å². The Morgan fingerprint density at radius 3 is 2.43 bits per heavy atom. The van der Waals surface area contributed by atoms with Crippen LogP contribution in [-0.2, 0) is 10.9 Å². The Hall–Kier alpha value is -4.07. The Kier molecular flexibility index (Phi) is 8.76. The van der Waals surface area contributed by atoms with Crippen LogP contribution in [0.3, 0.4) is 0 Å². The fourth-order valence-electron chi connectivity index (χ4n) is 3.66. The number of nitrogens with two attached hydrogens (primary N) is 2. The lowest BCUT2D eigenvalue weighted by Crippen LogP contribution is -2.31. The van der Waals surface area contributed by atoms with Crippen LogP contribution < -0.4 is 21.1 Å². The number of nitro groups is 1.